The topological polar surface area (TPSA) is 80.3 Å². The molecule has 0 radical (unpaired) electrons. The Morgan fingerprint density at radius 2 is 1.40 bits per heavy atom. The van der Waals surface area contributed by atoms with Crippen molar-refractivity contribution in [2.45, 2.75) is 32.1 Å². The van der Waals surface area contributed by atoms with Gasteiger partial charge in [0, 0.05) is 5.92 Å². The van der Waals surface area contributed by atoms with Gasteiger partial charge in [0.15, 0.2) is 0 Å². The molecule has 1 rings (SSSR count). The fourth-order valence-electron chi connectivity index (χ4n) is 1.95. The molecule has 74 valence electrons. The first kappa shape index (κ1) is 17.9. The van der Waals surface area contributed by atoms with E-state index >= 15 is 0 Å². The number of carboxylic acids is 2. The number of rotatable bonds is 3. The van der Waals surface area contributed by atoms with Crippen LogP contribution in [0, 0.1) is 11.8 Å². The average molecular weight is 214 g/mol. The third-order valence-electron chi connectivity index (χ3n) is 2.63. The van der Waals surface area contributed by atoms with Gasteiger partial charge in [-0.2, -0.15) is 0 Å². The van der Waals surface area contributed by atoms with Crippen LogP contribution in [-0.2, 0) is 9.59 Å². The summed E-state index contributed by atoms with van der Waals surface area (Å²) >= 11 is 0. The summed E-state index contributed by atoms with van der Waals surface area (Å²) in [6.45, 7) is 0. The van der Waals surface area contributed by atoms with Gasteiger partial charge in [0.25, 0.3) is 0 Å². The van der Waals surface area contributed by atoms with Gasteiger partial charge in [-0.05, 0) is 18.8 Å². The summed E-state index contributed by atoms with van der Waals surface area (Å²) in [5.41, 5.74) is 0. The van der Waals surface area contributed by atoms with Gasteiger partial charge in [0.1, 0.15) is 0 Å². The summed E-state index contributed by atoms with van der Waals surface area (Å²) in [6, 6.07) is 0. The molecule has 4 nitrogen and oxygen atoms in total. The van der Waals surface area contributed by atoms with Crippen LogP contribution in [0.2, 0.25) is 0 Å². The van der Waals surface area contributed by atoms with Crippen LogP contribution >= 0.6 is 0 Å². The molecule has 1 saturated carbocycles. The third-order valence-corrected chi connectivity index (χ3v) is 2.63. The van der Waals surface area contributed by atoms with E-state index in [1.165, 1.54) is 0 Å². The number of carbonyl (C=O) groups is 2. The van der Waals surface area contributed by atoms with Gasteiger partial charge in [0.05, 0.1) is 11.9 Å². The van der Waals surface area contributed by atoms with Gasteiger partial charge in [0.2, 0.25) is 0 Å². The van der Waals surface area contributed by atoms with E-state index in [1.807, 2.05) is 0 Å². The van der Waals surface area contributed by atoms with Crippen LogP contribution in [0.4, 0.5) is 0 Å². The van der Waals surface area contributed by atoms with Crippen LogP contribution in [0.25, 0.3) is 0 Å². The third kappa shape index (κ3) is 5.42. The maximum Gasteiger partial charge on any atom is 1.00 e. The molecule has 15 heavy (non-hydrogen) atoms. The average Bonchev–Trinajstić information content (AvgIpc) is 2.04. The summed E-state index contributed by atoms with van der Waals surface area (Å²) in [7, 11) is 0. The molecule has 1 aliphatic carbocycles. The molecular formula is C9H12LiNaO4. The summed E-state index contributed by atoms with van der Waals surface area (Å²) in [5, 5.41) is 21.0. The quantitative estimate of drug-likeness (QED) is 0.345. The summed E-state index contributed by atoms with van der Waals surface area (Å²) in [5.74, 6) is -4.72. The van der Waals surface area contributed by atoms with Gasteiger partial charge in [-0.1, -0.05) is 19.3 Å². The number of hydrogen-bond acceptors (Lipinski definition) is 4. The molecule has 0 aliphatic heterocycles. The second-order valence-electron chi connectivity index (χ2n) is 3.51. The monoisotopic (exact) mass is 214 g/mol. The van der Waals surface area contributed by atoms with E-state index in [4.69, 9.17) is 0 Å². The van der Waals surface area contributed by atoms with Crippen molar-refractivity contribution in [1.82, 2.24) is 0 Å². The Balaban J connectivity index is 0. The van der Waals surface area contributed by atoms with Crippen molar-refractivity contribution in [3.63, 3.8) is 0 Å². The molecule has 0 aromatic heterocycles. The number of aliphatic carboxylic acids is 2. The first-order valence-corrected chi connectivity index (χ1v) is 4.54. The first-order valence-electron chi connectivity index (χ1n) is 4.54. The van der Waals surface area contributed by atoms with Crippen LogP contribution < -0.4 is 58.6 Å². The van der Waals surface area contributed by atoms with E-state index in [0.717, 1.165) is 19.3 Å². The minimum atomic E-state index is -1.51. The van der Waals surface area contributed by atoms with Crippen molar-refractivity contribution >= 4 is 11.9 Å². The van der Waals surface area contributed by atoms with E-state index in [1.54, 1.807) is 0 Å². The fourth-order valence-corrected chi connectivity index (χ4v) is 1.95. The zero-order valence-electron chi connectivity index (χ0n) is 9.32. The summed E-state index contributed by atoms with van der Waals surface area (Å²) < 4.78 is 0. The predicted octanol–water partition coefficient (Wildman–Crippen LogP) is -7.31. The molecule has 0 aromatic rings. The largest absolute Gasteiger partial charge is 1.00 e. The van der Waals surface area contributed by atoms with E-state index in [9.17, 15) is 19.8 Å². The SMILES string of the molecule is O=C([O-])C(C(=O)[O-])C1CCCCC1.[Li+].[Na+]. The van der Waals surface area contributed by atoms with Gasteiger partial charge < -0.3 is 19.8 Å². The first-order chi connectivity index (χ1) is 6.13. The van der Waals surface area contributed by atoms with E-state index in [0.29, 0.717) is 12.8 Å². The second-order valence-corrected chi connectivity index (χ2v) is 3.51. The van der Waals surface area contributed by atoms with Crippen LogP contribution in [0.15, 0.2) is 0 Å². The molecule has 0 unspecified atom stereocenters. The normalized spacial score (nSPS) is 16.3. The zero-order chi connectivity index (χ0) is 9.84. The smallest absolute Gasteiger partial charge is 0.549 e. The molecule has 6 heteroatoms. The molecule has 0 saturated heterocycles. The van der Waals surface area contributed by atoms with Gasteiger partial charge in [-0.3, -0.25) is 0 Å². The van der Waals surface area contributed by atoms with Gasteiger partial charge in [-0.15, -0.1) is 0 Å². The maximum atomic E-state index is 10.5. The molecule has 0 bridgehead atoms. The molecular weight excluding hydrogens is 202 g/mol. The summed E-state index contributed by atoms with van der Waals surface area (Å²) in [6.07, 6.45) is 4.19. The number of carboxylic acid groups (broad SMARTS) is 2. The van der Waals surface area contributed by atoms with Crippen LogP contribution in [-0.4, -0.2) is 11.9 Å². The van der Waals surface area contributed by atoms with Crippen molar-refractivity contribution < 1.29 is 68.2 Å². The van der Waals surface area contributed by atoms with Crippen molar-refractivity contribution in [2.75, 3.05) is 0 Å². The minimum Gasteiger partial charge on any atom is -0.549 e. The van der Waals surface area contributed by atoms with Crippen LogP contribution in [0.3, 0.4) is 0 Å². The predicted molar refractivity (Wildman–Crippen MR) is 40.1 cm³/mol. The number of carbonyl (C=O) groups excluding carboxylic acids is 2. The van der Waals surface area contributed by atoms with Crippen molar-refractivity contribution in [3.05, 3.63) is 0 Å². The fraction of sp³-hybridized carbons (Fsp3) is 0.778. The summed E-state index contributed by atoms with van der Waals surface area (Å²) in [4.78, 5) is 21.0. The van der Waals surface area contributed by atoms with Crippen LogP contribution in [0.5, 0.6) is 0 Å². The molecule has 0 N–H and O–H groups in total. The Hall–Kier alpha value is 0.537. The van der Waals surface area contributed by atoms with Crippen molar-refractivity contribution in [2.24, 2.45) is 11.8 Å². The molecule has 0 heterocycles. The second kappa shape index (κ2) is 8.66. The van der Waals surface area contributed by atoms with Gasteiger partial charge >= 0.3 is 48.4 Å². The Morgan fingerprint density at radius 1 is 1.00 bits per heavy atom. The Labute approximate surface area is 123 Å². The maximum absolute atomic E-state index is 10.5. The molecule has 0 amide bonds. The van der Waals surface area contributed by atoms with Crippen molar-refractivity contribution in [1.29, 1.82) is 0 Å². The zero-order valence-corrected chi connectivity index (χ0v) is 11.3. The Morgan fingerprint density at radius 3 is 1.73 bits per heavy atom. The van der Waals surface area contributed by atoms with Gasteiger partial charge in [-0.25, -0.2) is 0 Å². The molecule has 0 aromatic carbocycles. The minimum absolute atomic E-state index is 0. The molecule has 1 aliphatic rings. The Kier molecular flexibility index (Phi) is 10.3. The molecule has 1 fully saturated rings. The number of hydrogen-bond donors (Lipinski definition) is 0. The Bertz CT molecular complexity index is 202. The van der Waals surface area contributed by atoms with Crippen molar-refractivity contribution in [3.8, 4) is 0 Å². The van der Waals surface area contributed by atoms with E-state index in [2.05, 4.69) is 0 Å². The molecule has 0 spiro atoms. The van der Waals surface area contributed by atoms with E-state index in [-0.39, 0.29) is 54.3 Å². The van der Waals surface area contributed by atoms with E-state index < -0.39 is 17.9 Å². The van der Waals surface area contributed by atoms with Crippen LogP contribution in [0.1, 0.15) is 32.1 Å². The standard InChI is InChI=1S/C9H14O4.Li.Na/c10-8(11)7(9(12)13)6-4-2-1-3-5-6;;/h6-7H,1-5H2,(H,10,11)(H,12,13);;/q;2*+1/p-2. The molecule has 0 atom stereocenters.